The first-order valence-corrected chi connectivity index (χ1v) is 13.2. The average molecular weight is 621 g/mol. The normalized spacial score (nSPS) is 26.0. The molecule has 2 unspecified atom stereocenters. The zero-order chi connectivity index (χ0) is 28.6. The molecular weight excluding hydrogens is 602 g/mol. The molecule has 0 spiro atoms. The largest absolute Gasteiger partial charge is 1.00 e. The molecule has 15 heteroatoms. The number of allylic oxidation sites excluding steroid dienone is 5. The summed E-state index contributed by atoms with van der Waals surface area (Å²) in [5.41, 5.74) is 0.730. The maximum atomic E-state index is 12.0. The van der Waals surface area contributed by atoms with Crippen molar-refractivity contribution in [3.05, 3.63) is 87.4 Å². The number of aliphatic carboxylic acids is 1. The Balaban J connectivity index is 0.00000441. The topological polar surface area (TPSA) is 191 Å². The van der Waals surface area contributed by atoms with E-state index >= 15 is 0 Å². The second-order valence-corrected chi connectivity index (χ2v) is 10.6. The minimum absolute atomic E-state index is 0. The average Bonchev–Trinajstić information content (AvgIpc) is 2.87. The first-order valence-electron chi connectivity index (χ1n) is 11.1. The molecular formula is C25H19Cl2NaO11S. The van der Waals surface area contributed by atoms with E-state index in [0.717, 1.165) is 6.07 Å². The Bertz CT molecular complexity index is 1540. The number of hydrogen-bond acceptors (Lipinski definition) is 10. The molecule has 1 aliphatic heterocycles. The quantitative estimate of drug-likeness (QED) is 0.219. The Morgan fingerprint density at radius 3 is 2.27 bits per heavy atom. The Hall–Kier alpha value is -2.07. The summed E-state index contributed by atoms with van der Waals surface area (Å²) in [5, 5.41) is 39.0. The zero-order valence-corrected chi connectivity index (χ0v) is 24.8. The standard InChI is InChI=1S/C25H20Cl2O11S.Na/c26-14-9-11(5-7-16(14)28)19(13-3-1-2-4-18(13)39(34,35)36)12-6-8-17(15(27)10-12)37-25-22(31)20(29)21(30)23(38-25)24(32)33;/h1-10,20-23,25,29-31H,(H,32,33)(H,34,35,36);/q;+1/p-1/b19-11+;/t20-,21+,22+,23?,25?;/m1./s1. The van der Waals surface area contributed by atoms with Crippen molar-refractivity contribution in [3.8, 4) is 5.75 Å². The number of hydrogen-bond donors (Lipinski definition) is 4. The minimum atomic E-state index is -4.94. The molecule has 1 saturated heterocycles. The summed E-state index contributed by atoms with van der Waals surface area (Å²) in [6, 6.07) is 9.43. The molecule has 1 heterocycles. The van der Waals surface area contributed by atoms with Crippen LogP contribution in [0.2, 0.25) is 5.02 Å². The van der Waals surface area contributed by atoms with Gasteiger partial charge >= 0.3 is 35.5 Å². The van der Waals surface area contributed by atoms with Gasteiger partial charge in [0.25, 0.3) is 0 Å². The molecule has 206 valence electrons. The molecule has 11 nitrogen and oxygen atoms in total. The van der Waals surface area contributed by atoms with E-state index in [1.807, 2.05) is 0 Å². The van der Waals surface area contributed by atoms with Gasteiger partial charge in [-0.3, -0.25) is 4.79 Å². The molecule has 0 saturated carbocycles. The van der Waals surface area contributed by atoms with E-state index in [-0.39, 0.29) is 67.6 Å². The number of carboxylic acids is 1. The van der Waals surface area contributed by atoms with Crippen LogP contribution in [0.4, 0.5) is 0 Å². The summed E-state index contributed by atoms with van der Waals surface area (Å²) in [5.74, 6) is -2.21. The van der Waals surface area contributed by atoms with Crippen molar-refractivity contribution in [2.75, 3.05) is 0 Å². The second-order valence-electron chi connectivity index (χ2n) is 8.47. The van der Waals surface area contributed by atoms with Crippen molar-refractivity contribution in [1.29, 1.82) is 0 Å². The molecule has 2 aromatic carbocycles. The summed E-state index contributed by atoms with van der Waals surface area (Å²) >= 11 is 12.4. The van der Waals surface area contributed by atoms with E-state index < -0.39 is 57.5 Å². The van der Waals surface area contributed by atoms with Gasteiger partial charge < -0.3 is 34.5 Å². The smallest absolute Gasteiger partial charge is 0.744 e. The Kier molecular flexibility index (Phi) is 10.4. The molecule has 5 atom stereocenters. The number of aliphatic hydroxyl groups excluding tert-OH is 3. The van der Waals surface area contributed by atoms with E-state index in [0.29, 0.717) is 0 Å². The number of carbonyl (C=O) groups is 2. The van der Waals surface area contributed by atoms with Crippen LogP contribution in [-0.2, 0) is 24.4 Å². The van der Waals surface area contributed by atoms with Gasteiger partial charge in [0.15, 0.2) is 11.9 Å². The van der Waals surface area contributed by atoms with Gasteiger partial charge in [0.05, 0.1) is 15.0 Å². The fourth-order valence-electron chi connectivity index (χ4n) is 4.05. The van der Waals surface area contributed by atoms with Crippen LogP contribution in [-0.4, -0.2) is 75.9 Å². The number of carboxylic acid groups (broad SMARTS) is 1. The first-order chi connectivity index (χ1) is 18.3. The van der Waals surface area contributed by atoms with Gasteiger partial charge in [0.2, 0.25) is 6.29 Å². The summed E-state index contributed by atoms with van der Waals surface area (Å²) in [6.07, 6.45) is -5.42. The number of ketones is 1. The third kappa shape index (κ3) is 6.69. The molecule has 0 aromatic heterocycles. The zero-order valence-electron chi connectivity index (χ0n) is 20.5. The van der Waals surface area contributed by atoms with Crippen LogP contribution in [0.1, 0.15) is 11.1 Å². The monoisotopic (exact) mass is 620 g/mol. The van der Waals surface area contributed by atoms with Gasteiger partial charge in [-0.15, -0.1) is 0 Å². The Morgan fingerprint density at radius 1 is 1.00 bits per heavy atom. The van der Waals surface area contributed by atoms with Crippen molar-refractivity contribution < 1.29 is 82.0 Å². The molecule has 40 heavy (non-hydrogen) atoms. The number of aliphatic hydroxyl groups is 3. The number of benzene rings is 2. The van der Waals surface area contributed by atoms with Crippen LogP contribution in [0.3, 0.4) is 0 Å². The van der Waals surface area contributed by atoms with Gasteiger partial charge in [0, 0.05) is 5.56 Å². The molecule has 4 N–H and O–H groups in total. The van der Waals surface area contributed by atoms with Gasteiger partial charge in [-0.2, -0.15) is 0 Å². The van der Waals surface area contributed by atoms with Crippen LogP contribution in [0.15, 0.2) is 76.2 Å². The van der Waals surface area contributed by atoms with Crippen LogP contribution in [0.5, 0.6) is 5.75 Å². The van der Waals surface area contributed by atoms with Gasteiger partial charge in [-0.1, -0.05) is 53.5 Å². The van der Waals surface area contributed by atoms with Crippen molar-refractivity contribution in [1.82, 2.24) is 0 Å². The van der Waals surface area contributed by atoms with E-state index in [1.54, 1.807) is 0 Å². The van der Waals surface area contributed by atoms with Gasteiger partial charge in [-0.25, -0.2) is 13.2 Å². The maximum absolute atomic E-state index is 12.0. The molecule has 2 aromatic rings. The van der Waals surface area contributed by atoms with Crippen LogP contribution in [0, 0.1) is 0 Å². The fraction of sp³-hybridized carbons (Fsp3) is 0.200. The summed E-state index contributed by atoms with van der Waals surface area (Å²) in [6.45, 7) is 0. The predicted octanol–water partition coefficient (Wildman–Crippen LogP) is -1.42. The molecule has 1 fully saturated rings. The number of ether oxygens (including phenoxy) is 2. The molecule has 0 radical (unpaired) electrons. The summed E-state index contributed by atoms with van der Waals surface area (Å²) < 4.78 is 46.7. The van der Waals surface area contributed by atoms with E-state index in [2.05, 4.69) is 0 Å². The third-order valence-corrected chi connectivity index (χ3v) is 7.41. The molecule has 0 amide bonds. The Labute approximate surface area is 260 Å². The number of halogens is 2. The predicted molar refractivity (Wildman–Crippen MR) is 135 cm³/mol. The van der Waals surface area contributed by atoms with Gasteiger partial charge in [0.1, 0.15) is 34.2 Å². The molecule has 0 bridgehead atoms. The minimum Gasteiger partial charge on any atom is -0.744 e. The van der Waals surface area contributed by atoms with E-state index in [4.69, 9.17) is 32.7 Å². The first kappa shape index (κ1) is 32.4. The van der Waals surface area contributed by atoms with Crippen molar-refractivity contribution >= 4 is 50.6 Å². The van der Waals surface area contributed by atoms with Crippen LogP contribution < -0.4 is 34.3 Å². The Morgan fingerprint density at radius 2 is 1.68 bits per heavy atom. The van der Waals surface area contributed by atoms with E-state index in [1.165, 1.54) is 54.6 Å². The van der Waals surface area contributed by atoms with Crippen molar-refractivity contribution in [2.24, 2.45) is 0 Å². The third-order valence-electron chi connectivity index (χ3n) is 5.92. The van der Waals surface area contributed by atoms with Gasteiger partial charge in [-0.05, 0) is 47.1 Å². The van der Waals surface area contributed by atoms with E-state index in [9.17, 15) is 43.0 Å². The van der Waals surface area contributed by atoms with Crippen molar-refractivity contribution in [2.45, 2.75) is 35.6 Å². The number of rotatable bonds is 6. The summed E-state index contributed by atoms with van der Waals surface area (Å²) in [7, 11) is -4.94. The van der Waals surface area contributed by atoms with Crippen molar-refractivity contribution in [3.63, 3.8) is 0 Å². The molecule has 2 aliphatic rings. The molecule has 1 aliphatic carbocycles. The summed E-state index contributed by atoms with van der Waals surface area (Å²) in [4.78, 5) is 22.7. The van der Waals surface area contributed by atoms with Crippen LogP contribution in [0.25, 0.3) is 5.57 Å². The molecule has 4 rings (SSSR count). The SMILES string of the molecule is O=C1C=C/C(=C(/c2ccc(OC3OC(C(=O)O)[C@@H](O)[C@@H](O)[C@@H]3O)c(Cl)c2)c2ccccc2S(=O)(=O)[O-])C=C1Cl.[Na+]. The van der Waals surface area contributed by atoms with Crippen LogP contribution >= 0.6 is 23.2 Å². The number of carbonyl (C=O) groups excluding carboxylic acids is 1. The maximum Gasteiger partial charge on any atom is 1.00 e. The second kappa shape index (κ2) is 12.8. The fourth-order valence-corrected chi connectivity index (χ4v) is 5.14.